The topological polar surface area (TPSA) is 71.2 Å². The van der Waals surface area contributed by atoms with Crippen LogP contribution in [0.2, 0.25) is 0 Å². The van der Waals surface area contributed by atoms with E-state index in [-0.39, 0.29) is 10.9 Å². The lowest BCUT2D eigenvalue weighted by atomic mass is 10.1. The van der Waals surface area contributed by atoms with E-state index in [1.165, 1.54) is 11.3 Å². The number of nitrogens with zero attached hydrogens (tertiary/aromatic N) is 1. The SMILES string of the molecule is Cc1cc(NC(N)=S)cc(-c2nc3ccccc3s2)c1O. The number of nitrogens with one attached hydrogen (secondary N) is 1. The molecule has 0 fully saturated rings. The van der Waals surface area contributed by atoms with Crippen LogP contribution in [0.5, 0.6) is 5.75 Å². The first-order valence-electron chi connectivity index (χ1n) is 6.30. The fourth-order valence-electron chi connectivity index (χ4n) is 2.14. The number of aromatic nitrogens is 1. The third-order valence-electron chi connectivity index (χ3n) is 3.09. The zero-order chi connectivity index (χ0) is 15.0. The predicted molar refractivity (Wildman–Crippen MR) is 91.9 cm³/mol. The van der Waals surface area contributed by atoms with Crippen LogP contribution in [0, 0.1) is 6.92 Å². The molecule has 0 aliphatic carbocycles. The van der Waals surface area contributed by atoms with Gasteiger partial charge < -0.3 is 16.2 Å². The smallest absolute Gasteiger partial charge is 0.168 e. The molecule has 0 aliphatic heterocycles. The van der Waals surface area contributed by atoms with Crippen molar-refractivity contribution in [1.29, 1.82) is 0 Å². The van der Waals surface area contributed by atoms with Crippen molar-refractivity contribution in [3.63, 3.8) is 0 Å². The zero-order valence-electron chi connectivity index (χ0n) is 11.3. The Bertz CT molecular complexity index is 809. The predicted octanol–water partition coefficient (Wildman–Crippen LogP) is 3.63. The van der Waals surface area contributed by atoms with Gasteiger partial charge in [-0.05, 0) is 49.0 Å². The second-order valence-corrected chi connectivity index (χ2v) is 6.14. The molecular formula is C15H13N3OS2. The summed E-state index contributed by atoms with van der Waals surface area (Å²) in [5.74, 6) is 0.225. The summed E-state index contributed by atoms with van der Waals surface area (Å²) < 4.78 is 1.08. The molecule has 0 amide bonds. The third-order valence-corrected chi connectivity index (χ3v) is 4.26. The highest BCUT2D eigenvalue weighted by molar-refractivity contribution is 7.80. The zero-order valence-corrected chi connectivity index (χ0v) is 12.9. The monoisotopic (exact) mass is 315 g/mol. The number of phenolic OH excluding ortho intramolecular Hbond substituents is 1. The Hall–Kier alpha value is -2.18. The molecule has 106 valence electrons. The lowest BCUT2D eigenvalue weighted by molar-refractivity contribution is 0.473. The minimum Gasteiger partial charge on any atom is -0.507 e. The van der Waals surface area contributed by atoms with Crippen molar-refractivity contribution in [2.45, 2.75) is 6.92 Å². The minimum absolute atomic E-state index is 0.190. The highest BCUT2D eigenvalue weighted by Crippen LogP contribution is 2.38. The lowest BCUT2D eigenvalue weighted by Crippen LogP contribution is -2.18. The Balaban J connectivity index is 2.15. The number of hydrogen-bond donors (Lipinski definition) is 3. The second kappa shape index (κ2) is 5.31. The van der Waals surface area contributed by atoms with E-state index >= 15 is 0 Å². The number of phenols is 1. The van der Waals surface area contributed by atoms with Crippen LogP contribution in [-0.4, -0.2) is 15.2 Å². The van der Waals surface area contributed by atoms with Gasteiger partial charge in [0.1, 0.15) is 10.8 Å². The molecular weight excluding hydrogens is 302 g/mol. The van der Waals surface area contributed by atoms with Crippen LogP contribution in [-0.2, 0) is 0 Å². The highest BCUT2D eigenvalue weighted by atomic mass is 32.1. The number of rotatable bonds is 2. The quantitative estimate of drug-likeness (QED) is 0.497. The summed E-state index contributed by atoms with van der Waals surface area (Å²) in [6, 6.07) is 11.5. The molecule has 0 bridgehead atoms. The molecule has 0 unspecified atom stereocenters. The van der Waals surface area contributed by atoms with Crippen LogP contribution in [0.1, 0.15) is 5.56 Å². The van der Waals surface area contributed by atoms with E-state index in [0.29, 0.717) is 5.56 Å². The molecule has 21 heavy (non-hydrogen) atoms. The lowest BCUT2D eigenvalue weighted by Gasteiger charge is -2.10. The van der Waals surface area contributed by atoms with E-state index < -0.39 is 0 Å². The van der Waals surface area contributed by atoms with Crippen molar-refractivity contribution in [1.82, 2.24) is 4.98 Å². The van der Waals surface area contributed by atoms with Crippen LogP contribution in [0.4, 0.5) is 5.69 Å². The molecule has 0 spiro atoms. The van der Waals surface area contributed by atoms with Crippen molar-refractivity contribution < 1.29 is 5.11 Å². The van der Waals surface area contributed by atoms with Gasteiger partial charge in [-0.3, -0.25) is 0 Å². The number of fused-ring (bicyclic) bond motifs is 1. The van der Waals surface area contributed by atoms with Crippen molar-refractivity contribution in [3.05, 3.63) is 42.0 Å². The molecule has 3 rings (SSSR count). The van der Waals surface area contributed by atoms with Crippen LogP contribution in [0.25, 0.3) is 20.8 Å². The molecule has 1 aromatic heterocycles. The number of hydrogen-bond acceptors (Lipinski definition) is 4. The summed E-state index contributed by atoms with van der Waals surface area (Å²) in [6.07, 6.45) is 0. The normalized spacial score (nSPS) is 10.7. The molecule has 4 N–H and O–H groups in total. The van der Waals surface area contributed by atoms with E-state index in [1.54, 1.807) is 12.1 Å². The van der Waals surface area contributed by atoms with E-state index in [0.717, 1.165) is 26.5 Å². The van der Waals surface area contributed by atoms with Gasteiger partial charge in [-0.1, -0.05) is 12.1 Å². The van der Waals surface area contributed by atoms with Gasteiger partial charge in [0.25, 0.3) is 0 Å². The van der Waals surface area contributed by atoms with Gasteiger partial charge >= 0.3 is 0 Å². The summed E-state index contributed by atoms with van der Waals surface area (Å²) in [5, 5.41) is 14.2. The number of aryl methyl sites for hydroxylation is 1. The molecule has 0 saturated heterocycles. The number of nitrogens with two attached hydrogens (primary N) is 1. The molecule has 2 aromatic carbocycles. The average Bonchev–Trinajstić information content (AvgIpc) is 2.85. The van der Waals surface area contributed by atoms with E-state index in [9.17, 15) is 5.11 Å². The van der Waals surface area contributed by atoms with Crippen molar-refractivity contribution in [2.24, 2.45) is 5.73 Å². The Morgan fingerprint density at radius 2 is 2.10 bits per heavy atom. The standard InChI is InChI=1S/C15H13N3OS2/c1-8-6-9(17-15(16)20)7-10(13(8)19)14-18-11-4-2-3-5-12(11)21-14/h2-7,19H,1H3,(H3,16,17,20). The van der Waals surface area contributed by atoms with Gasteiger partial charge in [-0.2, -0.15) is 0 Å². The first-order chi connectivity index (χ1) is 10.0. The van der Waals surface area contributed by atoms with Crippen molar-refractivity contribution in [2.75, 3.05) is 5.32 Å². The molecule has 0 saturated carbocycles. The molecule has 0 aliphatic rings. The maximum absolute atomic E-state index is 10.3. The average molecular weight is 315 g/mol. The van der Waals surface area contributed by atoms with Gasteiger partial charge in [0, 0.05) is 5.69 Å². The first kappa shape index (κ1) is 13.8. The summed E-state index contributed by atoms with van der Waals surface area (Å²) in [6.45, 7) is 1.83. The summed E-state index contributed by atoms with van der Waals surface area (Å²) in [4.78, 5) is 4.57. The molecule has 6 heteroatoms. The van der Waals surface area contributed by atoms with Crippen LogP contribution in [0.3, 0.4) is 0 Å². The van der Waals surface area contributed by atoms with Gasteiger partial charge in [0.05, 0.1) is 15.8 Å². The van der Waals surface area contributed by atoms with Crippen LogP contribution >= 0.6 is 23.6 Å². The number of para-hydroxylation sites is 1. The van der Waals surface area contributed by atoms with E-state index in [2.05, 4.69) is 10.3 Å². The van der Waals surface area contributed by atoms with E-state index in [4.69, 9.17) is 18.0 Å². The molecule has 1 heterocycles. The van der Waals surface area contributed by atoms with Crippen LogP contribution in [0.15, 0.2) is 36.4 Å². The Morgan fingerprint density at radius 3 is 2.81 bits per heavy atom. The van der Waals surface area contributed by atoms with Gasteiger partial charge in [0.2, 0.25) is 0 Å². The number of thiocarbonyl (C=S) groups is 1. The molecule has 0 radical (unpaired) electrons. The van der Waals surface area contributed by atoms with Crippen molar-refractivity contribution in [3.8, 4) is 16.3 Å². The Labute approximate surface area is 131 Å². The number of benzene rings is 2. The molecule has 0 atom stereocenters. The largest absolute Gasteiger partial charge is 0.507 e. The van der Waals surface area contributed by atoms with Gasteiger partial charge in [0.15, 0.2) is 5.11 Å². The highest BCUT2D eigenvalue weighted by Gasteiger charge is 2.13. The van der Waals surface area contributed by atoms with Crippen molar-refractivity contribution >= 4 is 44.6 Å². The maximum Gasteiger partial charge on any atom is 0.168 e. The number of aromatic hydroxyl groups is 1. The van der Waals surface area contributed by atoms with Gasteiger partial charge in [-0.25, -0.2) is 4.98 Å². The summed E-state index contributed by atoms with van der Waals surface area (Å²) in [7, 11) is 0. The number of thiazole rings is 1. The summed E-state index contributed by atoms with van der Waals surface area (Å²) in [5.41, 5.74) is 8.59. The first-order valence-corrected chi connectivity index (χ1v) is 7.53. The maximum atomic E-state index is 10.3. The van der Waals surface area contributed by atoms with E-state index in [1.807, 2.05) is 31.2 Å². The van der Waals surface area contributed by atoms with Gasteiger partial charge in [-0.15, -0.1) is 11.3 Å². The second-order valence-electron chi connectivity index (χ2n) is 4.67. The fraction of sp³-hybridized carbons (Fsp3) is 0.0667. The third kappa shape index (κ3) is 2.68. The minimum atomic E-state index is 0.190. The molecule has 3 aromatic rings. The summed E-state index contributed by atoms with van der Waals surface area (Å²) >= 11 is 6.40. The molecule has 4 nitrogen and oxygen atoms in total. The van der Waals surface area contributed by atoms with Crippen LogP contribution < -0.4 is 11.1 Å². The Morgan fingerprint density at radius 1 is 1.33 bits per heavy atom. The number of anilines is 1. The Kier molecular flexibility index (Phi) is 3.48. The fourth-order valence-corrected chi connectivity index (χ4v) is 3.24.